The minimum atomic E-state index is 0.645. The first kappa shape index (κ1) is 17.7. The predicted octanol–water partition coefficient (Wildman–Crippen LogP) is 5.71. The molecule has 0 bridgehead atoms. The Morgan fingerprint density at radius 2 is 1.55 bits per heavy atom. The van der Waals surface area contributed by atoms with Crippen LogP contribution in [-0.2, 0) is 6.42 Å². The maximum atomic E-state index is 5.92. The molecule has 1 aromatic rings. The van der Waals surface area contributed by atoms with Gasteiger partial charge in [0, 0.05) is 4.47 Å². The van der Waals surface area contributed by atoms with Gasteiger partial charge in [-0.05, 0) is 43.0 Å². The highest BCUT2D eigenvalue weighted by Gasteiger charge is 2.07. The van der Waals surface area contributed by atoms with Crippen molar-refractivity contribution in [2.24, 2.45) is 11.7 Å². The van der Waals surface area contributed by atoms with Crippen LogP contribution < -0.4 is 5.73 Å². The second-order valence-electron chi connectivity index (χ2n) is 5.84. The van der Waals surface area contributed by atoms with Gasteiger partial charge in [0.2, 0.25) is 0 Å². The van der Waals surface area contributed by atoms with Gasteiger partial charge in [0.05, 0.1) is 0 Å². The van der Waals surface area contributed by atoms with Gasteiger partial charge >= 0.3 is 0 Å². The highest BCUT2D eigenvalue weighted by molar-refractivity contribution is 9.10. The number of nitrogens with two attached hydrogens (primary N) is 1. The normalized spacial score (nSPS) is 12.6. The van der Waals surface area contributed by atoms with E-state index in [4.69, 9.17) is 5.73 Å². The van der Waals surface area contributed by atoms with E-state index in [1.54, 1.807) is 0 Å². The summed E-state index contributed by atoms with van der Waals surface area (Å²) >= 11 is 3.48. The van der Waals surface area contributed by atoms with Crippen molar-refractivity contribution in [2.75, 3.05) is 6.54 Å². The van der Waals surface area contributed by atoms with E-state index in [1.807, 2.05) is 0 Å². The van der Waals surface area contributed by atoms with Gasteiger partial charge in [-0.1, -0.05) is 79.9 Å². The number of rotatable bonds is 11. The minimum Gasteiger partial charge on any atom is -0.330 e. The van der Waals surface area contributed by atoms with Gasteiger partial charge in [0.25, 0.3) is 0 Å². The van der Waals surface area contributed by atoms with Crippen LogP contribution in [-0.4, -0.2) is 6.54 Å². The van der Waals surface area contributed by atoms with E-state index in [-0.39, 0.29) is 0 Å². The van der Waals surface area contributed by atoms with Crippen molar-refractivity contribution in [3.8, 4) is 0 Å². The van der Waals surface area contributed by atoms with Gasteiger partial charge in [0.15, 0.2) is 0 Å². The fourth-order valence-electron chi connectivity index (χ4n) is 2.65. The third-order valence-corrected chi connectivity index (χ3v) is 4.52. The van der Waals surface area contributed by atoms with Crippen molar-refractivity contribution in [1.82, 2.24) is 0 Å². The molecule has 1 atom stereocenters. The molecular weight excluding hydrogens is 310 g/mol. The quantitative estimate of drug-likeness (QED) is 0.513. The van der Waals surface area contributed by atoms with Crippen LogP contribution in [0, 0.1) is 5.92 Å². The largest absolute Gasteiger partial charge is 0.330 e. The van der Waals surface area contributed by atoms with Crippen LogP contribution in [0.1, 0.15) is 63.9 Å². The average molecular weight is 340 g/mol. The molecule has 0 saturated carbocycles. The molecule has 20 heavy (non-hydrogen) atoms. The Morgan fingerprint density at radius 3 is 2.15 bits per heavy atom. The van der Waals surface area contributed by atoms with Crippen molar-refractivity contribution in [3.63, 3.8) is 0 Å². The van der Waals surface area contributed by atoms with E-state index in [2.05, 4.69) is 47.1 Å². The highest BCUT2D eigenvalue weighted by atomic mass is 79.9. The van der Waals surface area contributed by atoms with E-state index in [0.29, 0.717) is 5.92 Å². The fourth-order valence-corrected chi connectivity index (χ4v) is 2.91. The van der Waals surface area contributed by atoms with Gasteiger partial charge in [-0.2, -0.15) is 0 Å². The van der Waals surface area contributed by atoms with Crippen molar-refractivity contribution < 1.29 is 0 Å². The molecule has 0 saturated heterocycles. The summed E-state index contributed by atoms with van der Waals surface area (Å²) in [5, 5.41) is 0. The molecule has 0 heterocycles. The van der Waals surface area contributed by atoms with Crippen LogP contribution in [0.15, 0.2) is 28.7 Å². The lowest BCUT2D eigenvalue weighted by molar-refractivity contribution is 0.455. The summed E-state index contributed by atoms with van der Waals surface area (Å²) in [5.74, 6) is 0.645. The van der Waals surface area contributed by atoms with Gasteiger partial charge < -0.3 is 5.73 Å². The molecule has 0 aliphatic carbocycles. The van der Waals surface area contributed by atoms with E-state index in [9.17, 15) is 0 Å². The number of halogens is 1. The molecule has 2 N–H and O–H groups in total. The molecule has 0 spiro atoms. The van der Waals surface area contributed by atoms with E-state index in [0.717, 1.165) is 17.4 Å². The molecule has 0 aliphatic rings. The first-order chi connectivity index (χ1) is 9.76. The summed E-state index contributed by atoms with van der Waals surface area (Å²) < 4.78 is 1.15. The molecule has 0 aromatic heterocycles. The maximum absolute atomic E-state index is 5.92. The summed E-state index contributed by atoms with van der Waals surface area (Å²) in [7, 11) is 0. The molecule has 1 nitrogen and oxygen atoms in total. The zero-order chi connectivity index (χ0) is 14.6. The summed E-state index contributed by atoms with van der Waals surface area (Å²) in [6.07, 6.45) is 12.1. The van der Waals surface area contributed by atoms with Crippen LogP contribution in [0.3, 0.4) is 0 Å². The molecule has 0 aliphatic heterocycles. The van der Waals surface area contributed by atoms with Gasteiger partial charge in [0.1, 0.15) is 0 Å². The Bertz CT molecular complexity index is 334. The molecule has 2 heteroatoms. The number of benzene rings is 1. The maximum Gasteiger partial charge on any atom is 0.0175 e. The van der Waals surface area contributed by atoms with E-state index < -0.39 is 0 Å². The zero-order valence-corrected chi connectivity index (χ0v) is 14.5. The van der Waals surface area contributed by atoms with Crippen LogP contribution in [0.25, 0.3) is 0 Å². The van der Waals surface area contributed by atoms with Crippen LogP contribution in [0.2, 0.25) is 0 Å². The number of unbranched alkanes of at least 4 members (excludes halogenated alkanes) is 6. The Hall–Kier alpha value is -0.340. The number of hydrogen-bond acceptors (Lipinski definition) is 1. The lowest BCUT2D eigenvalue weighted by Gasteiger charge is -2.14. The van der Waals surface area contributed by atoms with Gasteiger partial charge in [-0.15, -0.1) is 0 Å². The number of hydrogen-bond donors (Lipinski definition) is 1. The topological polar surface area (TPSA) is 26.0 Å². The summed E-state index contributed by atoms with van der Waals surface area (Å²) in [6, 6.07) is 8.66. The first-order valence-corrected chi connectivity index (χ1v) is 9.00. The molecule has 114 valence electrons. The molecule has 1 unspecified atom stereocenters. The second-order valence-corrected chi connectivity index (χ2v) is 6.76. The smallest absolute Gasteiger partial charge is 0.0175 e. The van der Waals surface area contributed by atoms with E-state index >= 15 is 0 Å². The third-order valence-electron chi connectivity index (χ3n) is 3.99. The van der Waals surface area contributed by atoms with Crippen molar-refractivity contribution in [2.45, 2.75) is 64.7 Å². The van der Waals surface area contributed by atoms with Gasteiger partial charge in [-0.3, -0.25) is 0 Å². The standard InChI is InChI=1S/C18H30BrN/c1-2-3-4-5-6-7-8-9-17(15-20)14-16-10-12-18(19)13-11-16/h10-13,17H,2-9,14-15,20H2,1H3. The molecule has 0 fully saturated rings. The van der Waals surface area contributed by atoms with E-state index in [1.165, 1.54) is 56.9 Å². The Labute approximate surface area is 133 Å². The zero-order valence-electron chi connectivity index (χ0n) is 12.9. The highest BCUT2D eigenvalue weighted by Crippen LogP contribution is 2.18. The summed E-state index contributed by atoms with van der Waals surface area (Å²) in [5.41, 5.74) is 7.33. The molecule has 1 aromatic carbocycles. The summed E-state index contributed by atoms with van der Waals surface area (Å²) in [6.45, 7) is 3.08. The monoisotopic (exact) mass is 339 g/mol. The molecule has 0 radical (unpaired) electrons. The van der Waals surface area contributed by atoms with Crippen molar-refractivity contribution in [3.05, 3.63) is 34.3 Å². The van der Waals surface area contributed by atoms with Gasteiger partial charge in [-0.25, -0.2) is 0 Å². The predicted molar refractivity (Wildman–Crippen MR) is 93.0 cm³/mol. The molecular formula is C18H30BrN. The Kier molecular flexibility index (Phi) is 10.0. The van der Waals surface area contributed by atoms with Crippen LogP contribution >= 0.6 is 15.9 Å². The molecule has 1 rings (SSSR count). The Balaban J connectivity index is 2.14. The summed E-state index contributed by atoms with van der Waals surface area (Å²) in [4.78, 5) is 0. The van der Waals surface area contributed by atoms with Crippen LogP contribution in [0.4, 0.5) is 0 Å². The molecule has 0 amide bonds. The third kappa shape index (κ3) is 8.06. The van der Waals surface area contributed by atoms with Crippen molar-refractivity contribution in [1.29, 1.82) is 0 Å². The Morgan fingerprint density at radius 1 is 0.950 bits per heavy atom. The van der Waals surface area contributed by atoms with Crippen molar-refractivity contribution >= 4 is 15.9 Å². The SMILES string of the molecule is CCCCCCCCCC(CN)Cc1ccc(Br)cc1. The average Bonchev–Trinajstić information content (AvgIpc) is 2.47. The van der Waals surface area contributed by atoms with Crippen LogP contribution in [0.5, 0.6) is 0 Å². The fraction of sp³-hybridized carbons (Fsp3) is 0.667. The second kappa shape index (κ2) is 11.3. The lowest BCUT2D eigenvalue weighted by Crippen LogP contribution is -2.16. The lowest BCUT2D eigenvalue weighted by atomic mass is 9.93. The minimum absolute atomic E-state index is 0.645. The first-order valence-electron chi connectivity index (χ1n) is 8.20.